The Morgan fingerprint density at radius 1 is 1.00 bits per heavy atom. The van der Waals surface area contributed by atoms with E-state index in [1.165, 1.54) is 0 Å². The normalized spacial score (nSPS) is 12.4. The molecule has 0 fully saturated rings. The third-order valence-corrected chi connectivity index (χ3v) is 6.67. The van der Waals surface area contributed by atoms with Gasteiger partial charge in [0.1, 0.15) is 12.4 Å². The molecule has 0 saturated carbocycles. The van der Waals surface area contributed by atoms with E-state index >= 15 is 0 Å². The van der Waals surface area contributed by atoms with Gasteiger partial charge in [-0.15, -0.1) is 0 Å². The van der Waals surface area contributed by atoms with E-state index < -0.39 is 9.84 Å². The molecule has 3 aromatic carbocycles. The molecule has 1 aliphatic rings. The first-order chi connectivity index (χ1) is 15.4. The van der Waals surface area contributed by atoms with Gasteiger partial charge in [0.05, 0.1) is 10.6 Å². The van der Waals surface area contributed by atoms with E-state index in [1.807, 2.05) is 13.0 Å². The number of rotatable bonds is 8. The summed E-state index contributed by atoms with van der Waals surface area (Å²) in [5.74, 6) is 1.35. The van der Waals surface area contributed by atoms with Crippen molar-refractivity contribution in [3.63, 3.8) is 0 Å². The second-order valence-electron chi connectivity index (χ2n) is 7.43. The summed E-state index contributed by atoms with van der Waals surface area (Å²) < 4.78 is 41.3. The Labute approximate surface area is 186 Å². The van der Waals surface area contributed by atoms with Gasteiger partial charge in [-0.2, -0.15) is 0 Å². The predicted octanol–water partition coefficient (Wildman–Crippen LogP) is 4.11. The molecule has 1 heterocycles. The number of nitrogens with one attached hydrogen (secondary N) is 1. The van der Waals surface area contributed by atoms with Crippen molar-refractivity contribution in [1.82, 2.24) is 0 Å². The van der Waals surface area contributed by atoms with Crippen LogP contribution < -0.4 is 19.5 Å². The SMILES string of the molecule is Cc1ccc(S(=O)(=O)CCC(=O)Nc2cccc(COc3ccc4c(c3)OCO4)c2)cc1. The summed E-state index contributed by atoms with van der Waals surface area (Å²) in [5, 5.41) is 2.75. The summed E-state index contributed by atoms with van der Waals surface area (Å²) in [6.07, 6.45) is -0.131. The minimum absolute atomic E-state index is 0.131. The van der Waals surface area contributed by atoms with E-state index in [4.69, 9.17) is 14.2 Å². The van der Waals surface area contributed by atoms with Gasteiger partial charge in [0.2, 0.25) is 12.7 Å². The molecule has 0 radical (unpaired) electrons. The van der Waals surface area contributed by atoms with Crippen molar-refractivity contribution in [2.75, 3.05) is 17.9 Å². The molecule has 1 N–H and O–H groups in total. The van der Waals surface area contributed by atoms with Crippen LogP contribution in [0.5, 0.6) is 17.2 Å². The minimum atomic E-state index is -3.52. The van der Waals surface area contributed by atoms with Gasteiger partial charge in [-0.25, -0.2) is 8.42 Å². The van der Waals surface area contributed by atoms with Crippen LogP contribution in [-0.2, 0) is 21.2 Å². The van der Waals surface area contributed by atoms with E-state index in [2.05, 4.69) is 5.32 Å². The number of hydrogen-bond acceptors (Lipinski definition) is 6. The van der Waals surface area contributed by atoms with Gasteiger partial charge >= 0.3 is 0 Å². The molecule has 0 atom stereocenters. The van der Waals surface area contributed by atoms with Crippen LogP contribution in [0, 0.1) is 6.92 Å². The molecule has 0 bridgehead atoms. The zero-order valence-corrected chi connectivity index (χ0v) is 18.4. The van der Waals surface area contributed by atoms with Crippen LogP contribution in [-0.4, -0.2) is 26.9 Å². The van der Waals surface area contributed by atoms with Gasteiger partial charge in [-0.1, -0.05) is 29.8 Å². The van der Waals surface area contributed by atoms with Gasteiger partial charge < -0.3 is 19.5 Å². The number of sulfone groups is 1. The lowest BCUT2D eigenvalue weighted by Crippen LogP contribution is -2.17. The first kappa shape index (κ1) is 21.7. The van der Waals surface area contributed by atoms with Crippen LogP contribution in [0.25, 0.3) is 0 Å². The van der Waals surface area contributed by atoms with Crippen molar-refractivity contribution >= 4 is 21.4 Å². The quantitative estimate of drug-likeness (QED) is 0.552. The first-order valence-electron chi connectivity index (χ1n) is 10.1. The van der Waals surface area contributed by atoms with Crippen molar-refractivity contribution in [2.45, 2.75) is 24.8 Å². The Morgan fingerprint density at radius 2 is 1.78 bits per heavy atom. The molecular weight excluding hydrogens is 430 g/mol. The van der Waals surface area contributed by atoms with Gasteiger partial charge in [0.25, 0.3) is 0 Å². The standard InChI is InChI=1S/C24H23NO6S/c1-17-5-8-21(9-6-17)32(27,28)12-11-24(26)25-19-4-2-3-18(13-19)15-29-20-7-10-22-23(14-20)31-16-30-22/h2-10,13-14H,11-12,15-16H2,1H3,(H,25,26). The average molecular weight is 454 g/mol. The van der Waals surface area contributed by atoms with E-state index in [9.17, 15) is 13.2 Å². The molecule has 1 aliphatic heterocycles. The van der Waals surface area contributed by atoms with Crippen LogP contribution in [0.15, 0.2) is 71.6 Å². The molecule has 4 rings (SSSR count). The number of benzene rings is 3. The number of amides is 1. The third kappa shape index (κ3) is 5.39. The Bertz CT molecular complexity index is 1220. The zero-order chi connectivity index (χ0) is 22.6. The van der Waals surface area contributed by atoms with Crippen LogP contribution in [0.1, 0.15) is 17.5 Å². The summed E-state index contributed by atoms with van der Waals surface area (Å²) in [4.78, 5) is 12.5. The molecule has 32 heavy (non-hydrogen) atoms. The fourth-order valence-corrected chi connectivity index (χ4v) is 4.43. The average Bonchev–Trinajstić information content (AvgIpc) is 3.25. The fraction of sp³-hybridized carbons (Fsp3) is 0.208. The van der Waals surface area contributed by atoms with Crippen molar-refractivity contribution in [3.05, 3.63) is 77.9 Å². The highest BCUT2D eigenvalue weighted by atomic mass is 32.2. The Balaban J connectivity index is 1.31. The smallest absolute Gasteiger partial charge is 0.231 e. The second-order valence-corrected chi connectivity index (χ2v) is 9.54. The van der Waals surface area contributed by atoms with Crippen LogP contribution >= 0.6 is 0 Å². The van der Waals surface area contributed by atoms with Crippen molar-refractivity contribution in [1.29, 1.82) is 0 Å². The highest BCUT2D eigenvalue weighted by Crippen LogP contribution is 2.35. The minimum Gasteiger partial charge on any atom is -0.489 e. The number of fused-ring (bicyclic) bond motifs is 1. The van der Waals surface area contributed by atoms with Crippen LogP contribution in [0.3, 0.4) is 0 Å². The number of carbonyl (C=O) groups excluding carboxylic acids is 1. The largest absolute Gasteiger partial charge is 0.489 e. The van der Waals surface area contributed by atoms with Crippen molar-refractivity contribution < 1.29 is 27.4 Å². The molecule has 0 spiro atoms. The zero-order valence-electron chi connectivity index (χ0n) is 17.5. The fourth-order valence-electron chi connectivity index (χ4n) is 3.19. The molecule has 0 unspecified atom stereocenters. The maximum Gasteiger partial charge on any atom is 0.231 e. The highest BCUT2D eigenvalue weighted by Gasteiger charge is 2.17. The van der Waals surface area contributed by atoms with Crippen molar-refractivity contribution in [3.8, 4) is 17.2 Å². The number of anilines is 1. The Morgan fingerprint density at radius 3 is 2.59 bits per heavy atom. The Kier molecular flexibility index (Phi) is 6.32. The van der Waals surface area contributed by atoms with E-state index in [-0.39, 0.29) is 29.8 Å². The molecule has 166 valence electrons. The molecule has 1 amide bonds. The van der Waals surface area contributed by atoms with Gasteiger partial charge in [-0.3, -0.25) is 4.79 Å². The molecule has 7 nitrogen and oxygen atoms in total. The molecule has 8 heteroatoms. The topological polar surface area (TPSA) is 90.9 Å². The predicted molar refractivity (Wildman–Crippen MR) is 120 cm³/mol. The van der Waals surface area contributed by atoms with E-state index in [0.717, 1.165) is 11.1 Å². The molecule has 0 saturated heterocycles. The molecule has 3 aromatic rings. The van der Waals surface area contributed by atoms with Gasteiger partial charge in [-0.05, 0) is 48.9 Å². The lowest BCUT2D eigenvalue weighted by molar-refractivity contribution is -0.115. The summed E-state index contributed by atoms with van der Waals surface area (Å²) >= 11 is 0. The monoisotopic (exact) mass is 453 g/mol. The second kappa shape index (κ2) is 9.32. The summed E-state index contributed by atoms with van der Waals surface area (Å²) in [7, 11) is -3.52. The van der Waals surface area contributed by atoms with Crippen LogP contribution in [0.2, 0.25) is 0 Å². The summed E-state index contributed by atoms with van der Waals surface area (Å²) in [5.41, 5.74) is 2.41. The third-order valence-electron chi connectivity index (χ3n) is 4.94. The van der Waals surface area contributed by atoms with Crippen molar-refractivity contribution in [2.24, 2.45) is 0 Å². The number of ether oxygens (including phenoxy) is 3. The van der Waals surface area contributed by atoms with E-state index in [1.54, 1.807) is 60.7 Å². The van der Waals surface area contributed by atoms with E-state index in [0.29, 0.717) is 29.5 Å². The number of hydrogen-bond donors (Lipinski definition) is 1. The molecular formula is C24H23NO6S. The maximum atomic E-state index is 12.4. The number of aryl methyl sites for hydroxylation is 1. The highest BCUT2D eigenvalue weighted by molar-refractivity contribution is 7.91. The van der Waals surface area contributed by atoms with Gasteiger partial charge in [0, 0.05) is 18.2 Å². The number of carbonyl (C=O) groups is 1. The molecule has 0 aromatic heterocycles. The first-order valence-corrected chi connectivity index (χ1v) is 11.7. The lowest BCUT2D eigenvalue weighted by Gasteiger charge is -2.10. The molecule has 0 aliphatic carbocycles. The lowest BCUT2D eigenvalue weighted by atomic mass is 10.2. The van der Waals surface area contributed by atoms with Gasteiger partial charge in [0.15, 0.2) is 21.3 Å². The Hall–Kier alpha value is -3.52. The summed E-state index contributed by atoms with van der Waals surface area (Å²) in [6, 6.07) is 19.2. The summed E-state index contributed by atoms with van der Waals surface area (Å²) in [6.45, 7) is 2.39. The van der Waals surface area contributed by atoms with Crippen LogP contribution in [0.4, 0.5) is 5.69 Å². The maximum absolute atomic E-state index is 12.4.